The predicted octanol–water partition coefficient (Wildman–Crippen LogP) is 5.66. The molecule has 38 heavy (non-hydrogen) atoms. The van der Waals surface area contributed by atoms with E-state index in [0.29, 0.717) is 25.2 Å². The van der Waals surface area contributed by atoms with Gasteiger partial charge in [0.15, 0.2) is 0 Å². The van der Waals surface area contributed by atoms with E-state index >= 15 is 0 Å². The van der Waals surface area contributed by atoms with E-state index in [1.807, 2.05) is 24.3 Å². The lowest BCUT2D eigenvalue weighted by atomic mass is 10.1. The van der Waals surface area contributed by atoms with Gasteiger partial charge in [0.05, 0.1) is 12.3 Å². The van der Waals surface area contributed by atoms with E-state index in [2.05, 4.69) is 56.5 Å². The second-order valence-corrected chi connectivity index (χ2v) is 10.4. The molecule has 2 fully saturated rings. The number of nitrogens with zero attached hydrogens (tertiary/aromatic N) is 4. The number of aromatic nitrogens is 2. The number of hydrogen-bond acceptors (Lipinski definition) is 7. The molecule has 0 amide bonds. The molecule has 2 aliphatic heterocycles. The van der Waals surface area contributed by atoms with Gasteiger partial charge in [0.25, 0.3) is 0 Å². The molecule has 7 heteroatoms. The van der Waals surface area contributed by atoms with Crippen LogP contribution in [0.2, 0.25) is 0 Å². The SMILES string of the molecule is C1=CCN(C2CC2)Cc2cc(ccc2OCCN2CCCC2)Nc2nccc(n2)-c2cccc(c2)OCC1. The Bertz CT molecular complexity index is 1250. The highest BCUT2D eigenvalue weighted by Gasteiger charge is 2.29. The van der Waals surface area contributed by atoms with Crippen molar-refractivity contribution < 1.29 is 9.47 Å². The normalized spacial score (nSPS) is 18.7. The van der Waals surface area contributed by atoms with Crippen molar-refractivity contribution in [1.82, 2.24) is 19.8 Å². The average Bonchev–Trinajstić information content (AvgIpc) is 3.66. The van der Waals surface area contributed by atoms with Crippen LogP contribution < -0.4 is 14.8 Å². The number of ether oxygens (including phenoxy) is 2. The molecule has 7 nitrogen and oxygen atoms in total. The highest BCUT2D eigenvalue weighted by molar-refractivity contribution is 5.64. The quantitative estimate of drug-likeness (QED) is 0.443. The van der Waals surface area contributed by atoms with Crippen molar-refractivity contribution >= 4 is 11.6 Å². The first-order valence-electron chi connectivity index (χ1n) is 14.0. The predicted molar refractivity (Wildman–Crippen MR) is 151 cm³/mol. The zero-order chi connectivity index (χ0) is 25.6. The van der Waals surface area contributed by atoms with Crippen molar-refractivity contribution in [2.24, 2.45) is 0 Å². The monoisotopic (exact) mass is 511 g/mol. The first kappa shape index (κ1) is 24.9. The fourth-order valence-corrected chi connectivity index (χ4v) is 5.24. The molecule has 3 aliphatic rings. The Hall–Kier alpha value is -3.42. The van der Waals surface area contributed by atoms with E-state index in [9.17, 15) is 0 Å². The van der Waals surface area contributed by atoms with Crippen LogP contribution in [-0.2, 0) is 6.54 Å². The van der Waals surface area contributed by atoms with Crippen molar-refractivity contribution in [3.8, 4) is 22.8 Å². The van der Waals surface area contributed by atoms with Gasteiger partial charge in [-0.3, -0.25) is 9.80 Å². The lowest BCUT2D eigenvalue weighted by Crippen LogP contribution is -2.27. The topological polar surface area (TPSA) is 62.8 Å². The van der Waals surface area contributed by atoms with E-state index < -0.39 is 0 Å². The molecule has 6 bridgehead atoms. The molecule has 0 atom stereocenters. The minimum atomic E-state index is 0.575. The number of hydrogen-bond donors (Lipinski definition) is 1. The van der Waals surface area contributed by atoms with Crippen molar-refractivity contribution in [3.05, 3.63) is 72.4 Å². The van der Waals surface area contributed by atoms with E-state index in [1.54, 1.807) is 6.20 Å². The Morgan fingerprint density at radius 3 is 2.84 bits per heavy atom. The van der Waals surface area contributed by atoms with Gasteiger partial charge < -0.3 is 14.8 Å². The van der Waals surface area contributed by atoms with Crippen LogP contribution in [0.3, 0.4) is 0 Å². The zero-order valence-electron chi connectivity index (χ0n) is 22.0. The maximum absolute atomic E-state index is 6.37. The smallest absolute Gasteiger partial charge is 0.227 e. The van der Waals surface area contributed by atoms with E-state index in [4.69, 9.17) is 14.5 Å². The summed E-state index contributed by atoms with van der Waals surface area (Å²) in [5.74, 6) is 2.40. The Morgan fingerprint density at radius 1 is 1.03 bits per heavy atom. The summed E-state index contributed by atoms with van der Waals surface area (Å²) in [4.78, 5) is 14.3. The van der Waals surface area contributed by atoms with Gasteiger partial charge in [0.1, 0.15) is 18.1 Å². The Morgan fingerprint density at radius 2 is 1.95 bits per heavy atom. The van der Waals surface area contributed by atoms with Gasteiger partial charge in [0, 0.05) is 48.7 Å². The number of likely N-dealkylation sites (tertiary alicyclic amines) is 1. The van der Waals surface area contributed by atoms with Crippen LogP contribution in [0.25, 0.3) is 11.3 Å². The fraction of sp³-hybridized carbons (Fsp3) is 0.419. The third-order valence-corrected chi connectivity index (χ3v) is 7.46. The lowest BCUT2D eigenvalue weighted by Gasteiger charge is -2.23. The minimum Gasteiger partial charge on any atom is -0.493 e. The van der Waals surface area contributed by atoms with Gasteiger partial charge in [0.2, 0.25) is 5.95 Å². The Kier molecular flexibility index (Phi) is 7.84. The summed E-state index contributed by atoms with van der Waals surface area (Å²) in [7, 11) is 0. The Balaban J connectivity index is 1.28. The second-order valence-electron chi connectivity index (χ2n) is 10.4. The van der Waals surface area contributed by atoms with Crippen molar-refractivity contribution in [2.45, 2.75) is 44.7 Å². The molecule has 6 rings (SSSR count). The van der Waals surface area contributed by atoms with Gasteiger partial charge in [-0.05, 0) is 81.6 Å². The molecule has 198 valence electrons. The molecule has 0 unspecified atom stereocenters. The van der Waals surface area contributed by atoms with Crippen LogP contribution >= 0.6 is 0 Å². The highest BCUT2D eigenvalue weighted by atomic mass is 16.5. The summed E-state index contributed by atoms with van der Waals surface area (Å²) in [6, 6.07) is 17.0. The first-order valence-corrected chi connectivity index (χ1v) is 14.0. The number of nitrogens with one attached hydrogen (secondary N) is 1. The van der Waals surface area contributed by atoms with Crippen LogP contribution in [0.1, 0.15) is 37.7 Å². The molecular formula is C31H37N5O2. The lowest BCUT2D eigenvalue weighted by molar-refractivity contribution is 0.230. The summed E-state index contributed by atoms with van der Waals surface area (Å²) in [5.41, 5.74) is 4.03. The summed E-state index contributed by atoms with van der Waals surface area (Å²) in [5, 5.41) is 3.43. The second kappa shape index (κ2) is 12.0. The van der Waals surface area contributed by atoms with Crippen molar-refractivity contribution in [1.29, 1.82) is 0 Å². The van der Waals surface area contributed by atoms with Crippen LogP contribution in [-0.4, -0.2) is 65.2 Å². The molecule has 1 N–H and O–H groups in total. The standard InChI is InChI=1S/C31H37N5O2/c1-2-17-36(27-10-11-27)23-25-21-26(9-12-30(25)38-20-18-35-15-3-4-16-35)33-31-32-14-13-29(34-31)24-7-6-8-28(22-24)37-19-5-1/h1-2,6-9,12-14,21-22,27H,3-5,10-11,15-20,23H2,(H,32,33,34). The first-order chi connectivity index (χ1) is 18.8. The van der Waals surface area contributed by atoms with E-state index in [1.165, 1.54) is 44.3 Å². The molecule has 0 spiro atoms. The molecular weight excluding hydrogens is 474 g/mol. The largest absolute Gasteiger partial charge is 0.493 e. The third-order valence-electron chi connectivity index (χ3n) is 7.46. The number of anilines is 2. The molecule has 3 heterocycles. The summed E-state index contributed by atoms with van der Waals surface area (Å²) >= 11 is 0. The van der Waals surface area contributed by atoms with E-state index in [-0.39, 0.29) is 0 Å². The van der Waals surface area contributed by atoms with Gasteiger partial charge >= 0.3 is 0 Å². The number of benzene rings is 2. The molecule has 1 aromatic heterocycles. The van der Waals surface area contributed by atoms with Crippen LogP contribution in [0.5, 0.6) is 11.5 Å². The molecule has 2 aromatic carbocycles. The zero-order valence-corrected chi connectivity index (χ0v) is 22.0. The molecule has 1 aliphatic carbocycles. The van der Waals surface area contributed by atoms with Gasteiger partial charge in [-0.2, -0.15) is 0 Å². The Labute approximate surface area is 225 Å². The van der Waals surface area contributed by atoms with E-state index in [0.717, 1.165) is 54.5 Å². The summed E-state index contributed by atoms with van der Waals surface area (Å²) in [6.07, 6.45) is 12.3. The molecule has 3 aromatic rings. The fourth-order valence-electron chi connectivity index (χ4n) is 5.24. The molecule has 0 radical (unpaired) electrons. The maximum Gasteiger partial charge on any atom is 0.227 e. The highest BCUT2D eigenvalue weighted by Crippen LogP contribution is 2.32. The molecule has 1 saturated heterocycles. The van der Waals surface area contributed by atoms with Gasteiger partial charge in [-0.25, -0.2) is 9.97 Å². The molecule has 1 saturated carbocycles. The van der Waals surface area contributed by atoms with Crippen molar-refractivity contribution in [2.75, 3.05) is 44.7 Å². The summed E-state index contributed by atoms with van der Waals surface area (Å²) in [6.45, 7) is 6.51. The van der Waals surface area contributed by atoms with Gasteiger partial charge in [-0.1, -0.05) is 24.3 Å². The average molecular weight is 512 g/mol. The maximum atomic E-state index is 6.37. The van der Waals surface area contributed by atoms with Gasteiger partial charge in [-0.15, -0.1) is 0 Å². The van der Waals surface area contributed by atoms with Crippen molar-refractivity contribution in [3.63, 3.8) is 0 Å². The minimum absolute atomic E-state index is 0.575. The summed E-state index contributed by atoms with van der Waals surface area (Å²) < 4.78 is 12.4. The van der Waals surface area contributed by atoms with Crippen LogP contribution in [0.15, 0.2) is 66.9 Å². The number of fused-ring (bicyclic) bond motifs is 7. The third kappa shape index (κ3) is 6.52. The van der Waals surface area contributed by atoms with Crippen LogP contribution in [0.4, 0.5) is 11.6 Å². The number of rotatable bonds is 5. The van der Waals surface area contributed by atoms with Crippen LogP contribution in [0, 0.1) is 0 Å².